The van der Waals surface area contributed by atoms with E-state index in [0.717, 1.165) is 128 Å². The summed E-state index contributed by atoms with van der Waals surface area (Å²) in [6.45, 7) is 4.48. The van der Waals surface area contributed by atoms with E-state index in [1.54, 1.807) is 0 Å². The Labute approximate surface area is 489 Å². The number of phosphoric acid groups is 1. The van der Waals surface area contributed by atoms with Crippen LogP contribution < -0.4 is 0 Å². The molecule has 0 amide bonds. The van der Waals surface area contributed by atoms with E-state index in [-0.39, 0.29) is 25.9 Å². The molecule has 0 heterocycles. The fourth-order valence-corrected chi connectivity index (χ4v) is 9.37. The lowest BCUT2D eigenvalue weighted by molar-refractivity contribution is -0.161. The van der Waals surface area contributed by atoms with Crippen molar-refractivity contribution in [2.45, 2.75) is 290 Å². The van der Waals surface area contributed by atoms with Crippen LogP contribution in [-0.2, 0) is 42.2 Å². The third-order valence-electron chi connectivity index (χ3n) is 13.5. The molecule has 2 N–H and O–H groups in total. The van der Waals surface area contributed by atoms with E-state index in [2.05, 4.69) is 118 Å². The summed E-state index contributed by atoms with van der Waals surface area (Å²) in [6.07, 6.45) is 73.5. The zero-order valence-corrected chi connectivity index (χ0v) is 51.9. The Hall–Kier alpha value is -3.60. The van der Waals surface area contributed by atoms with Crippen molar-refractivity contribution < 1.29 is 52.2 Å². The topological polar surface area (TPSA) is 155 Å². The number of hydrogen-bond donors (Lipinski definition) is 2. The number of phosphoric ester groups is 1. The summed E-state index contributed by atoms with van der Waals surface area (Å²) in [6, 6.07) is 0. The lowest BCUT2D eigenvalue weighted by Gasteiger charge is -2.21. The monoisotopic (exact) mass is 1140 g/mol. The van der Waals surface area contributed by atoms with Crippen molar-refractivity contribution in [3.63, 3.8) is 0 Å². The van der Waals surface area contributed by atoms with Gasteiger partial charge in [-0.15, -0.1) is 0 Å². The van der Waals surface area contributed by atoms with Crippen LogP contribution >= 0.6 is 7.82 Å². The number of aliphatic hydroxyl groups excluding tert-OH is 1. The first-order valence-electron chi connectivity index (χ1n) is 32.1. The first-order chi connectivity index (χ1) is 39.2. The van der Waals surface area contributed by atoms with Crippen molar-refractivity contribution in [1.29, 1.82) is 0 Å². The summed E-state index contributed by atoms with van der Waals surface area (Å²) in [5.74, 6) is -1.51. The largest absolute Gasteiger partial charge is 0.472 e. The first kappa shape index (κ1) is 76.4. The molecule has 0 spiro atoms. The Morgan fingerprint density at radius 1 is 0.362 bits per heavy atom. The minimum atomic E-state index is -4.77. The van der Waals surface area contributed by atoms with Gasteiger partial charge in [-0.05, 0) is 122 Å². The summed E-state index contributed by atoms with van der Waals surface area (Å²) >= 11 is 0. The maximum Gasteiger partial charge on any atom is 0.472 e. The van der Waals surface area contributed by atoms with Gasteiger partial charge in [0, 0.05) is 19.3 Å². The van der Waals surface area contributed by atoms with Crippen molar-refractivity contribution in [1.82, 2.24) is 0 Å². The molecule has 3 unspecified atom stereocenters. The zero-order chi connectivity index (χ0) is 58.3. The Kier molecular flexibility index (Phi) is 58.7. The van der Waals surface area contributed by atoms with Crippen LogP contribution in [0.15, 0.2) is 97.2 Å². The highest BCUT2D eigenvalue weighted by molar-refractivity contribution is 7.47. The number of hydrogen-bond acceptors (Lipinski definition) is 10. The average molecular weight is 1140 g/mol. The molecule has 0 rings (SSSR count). The number of allylic oxidation sites excluding steroid dienone is 16. The normalized spacial score (nSPS) is 13.9. The molecule has 80 heavy (non-hydrogen) atoms. The first-order valence-corrected chi connectivity index (χ1v) is 33.6. The van der Waals surface area contributed by atoms with Crippen molar-refractivity contribution in [2.75, 3.05) is 26.4 Å². The van der Waals surface area contributed by atoms with Crippen LogP contribution in [0.3, 0.4) is 0 Å². The Balaban J connectivity index is 4.76. The molecule has 0 saturated carbocycles. The number of esters is 3. The van der Waals surface area contributed by atoms with Crippen molar-refractivity contribution in [3.8, 4) is 0 Å². The van der Waals surface area contributed by atoms with E-state index in [1.807, 2.05) is 0 Å². The highest BCUT2D eigenvalue weighted by Gasteiger charge is 2.28. The van der Waals surface area contributed by atoms with Crippen LogP contribution in [0.4, 0.5) is 0 Å². The van der Waals surface area contributed by atoms with E-state index in [4.69, 9.17) is 23.3 Å². The van der Waals surface area contributed by atoms with Gasteiger partial charge < -0.3 is 24.2 Å². The van der Waals surface area contributed by atoms with Gasteiger partial charge in [0.25, 0.3) is 0 Å². The fraction of sp³-hybridized carbons (Fsp3) is 0.721. The number of carbonyl (C=O) groups excluding carboxylic acids is 3. The number of ether oxygens (including phenoxy) is 3. The van der Waals surface area contributed by atoms with Crippen LogP contribution in [0.1, 0.15) is 278 Å². The van der Waals surface area contributed by atoms with Gasteiger partial charge in [0.05, 0.1) is 19.8 Å². The van der Waals surface area contributed by atoms with E-state index < -0.39 is 57.8 Å². The molecule has 11 nitrogen and oxygen atoms in total. The van der Waals surface area contributed by atoms with E-state index in [1.165, 1.54) is 89.9 Å². The molecule has 3 atom stereocenters. The molecule has 0 aromatic heterocycles. The van der Waals surface area contributed by atoms with Crippen LogP contribution in [0, 0.1) is 0 Å². The summed E-state index contributed by atoms with van der Waals surface area (Å²) in [5.41, 5.74) is 0. The third kappa shape index (κ3) is 59.0. The van der Waals surface area contributed by atoms with Gasteiger partial charge in [0.15, 0.2) is 6.10 Å². The summed E-state index contributed by atoms with van der Waals surface area (Å²) in [4.78, 5) is 48.8. The highest BCUT2D eigenvalue weighted by Crippen LogP contribution is 2.43. The molecule has 0 bridgehead atoms. The van der Waals surface area contributed by atoms with Crippen molar-refractivity contribution in [2.24, 2.45) is 0 Å². The third-order valence-corrected chi connectivity index (χ3v) is 14.4. The van der Waals surface area contributed by atoms with E-state index >= 15 is 0 Å². The van der Waals surface area contributed by atoms with Crippen molar-refractivity contribution >= 4 is 25.7 Å². The molecule has 0 aliphatic heterocycles. The lowest BCUT2D eigenvalue weighted by Crippen LogP contribution is -2.30. The maximum absolute atomic E-state index is 13.0. The van der Waals surface area contributed by atoms with Gasteiger partial charge in [-0.1, -0.05) is 234 Å². The van der Waals surface area contributed by atoms with Gasteiger partial charge >= 0.3 is 25.7 Å². The van der Waals surface area contributed by atoms with E-state index in [9.17, 15) is 28.9 Å². The Morgan fingerprint density at radius 3 is 1.04 bits per heavy atom. The van der Waals surface area contributed by atoms with Crippen molar-refractivity contribution in [3.05, 3.63) is 97.2 Å². The fourth-order valence-electron chi connectivity index (χ4n) is 8.58. The van der Waals surface area contributed by atoms with Gasteiger partial charge in [-0.2, -0.15) is 0 Å². The summed E-state index contributed by atoms with van der Waals surface area (Å²) in [5, 5.41) is 9.86. The second-order valence-corrected chi connectivity index (χ2v) is 22.6. The van der Waals surface area contributed by atoms with Gasteiger partial charge in [0.2, 0.25) is 0 Å². The van der Waals surface area contributed by atoms with Gasteiger partial charge in [-0.25, -0.2) is 4.57 Å². The molecule has 0 saturated heterocycles. The standard InChI is InChI=1S/C68H117O11P/c1-4-7-10-13-16-19-22-25-28-31-32-35-36-39-42-45-48-51-54-57-66(70)75-61-65(79-68(72)59-56-53-50-47-44-41-38-34-30-27-24-21-18-15-12-9-6-3)63-77-80(73,74)76-62-64(60-69)78-67(71)58-55-52-49-46-43-40-37-33-29-26-23-20-17-14-11-8-5-2/h9,12,16,18-19,21,25-30,32,35,38,41,64-65,69H,4-8,10-11,13-15,17,20,22-24,31,33-34,36-37,39-40,42-63H2,1-3H3,(H,73,74)/b12-9-,19-16-,21-18-,28-25-,29-26-,30-27-,35-32-,41-38-. The second kappa shape index (κ2) is 61.5. The minimum Gasteiger partial charge on any atom is -0.462 e. The summed E-state index contributed by atoms with van der Waals surface area (Å²) < 4.78 is 39.7. The maximum atomic E-state index is 13.0. The van der Waals surface area contributed by atoms with Crippen LogP contribution in [0.25, 0.3) is 0 Å². The molecular formula is C68H117O11P. The quantitative estimate of drug-likeness (QED) is 0.0197. The molecule has 0 aromatic rings. The Bertz CT molecular complexity index is 1710. The molecule has 0 radical (unpaired) electrons. The lowest BCUT2D eigenvalue weighted by atomic mass is 10.1. The average Bonchev–Trinajstić information content (AvgIpc) is 3.45. The van der Waals surface area contributed by atoms with Crippen LogP contribution in [-0.4, -0.2) is 66.5 Å². The number of rotatable bonds is 59. The molecule has 0 aliphatic rings. The van der Waals surface area contributed by atoms with E-state index in [0.29, 0.717) is 19.3 Å². The predicted molar refractivity (Wildman–Crippen MR) is 334 cm³/mol. The predicted octanol–water partition coefficient (Wildman–Crippen LogP) is 19.6. The molecule has 0 fully saturated rings. The second-order valence-electron chi connectivity index (χ2n) is 21.2. The smallest absolute Gasteiger partial charge is 0.462 e. The molecule has 460 valence electrons. The number of unbranched alkanes of at least 4 members (excludes halogenated alkanes) is 26. The van der Waals surface area contributed by atoms with Crippen LogP contribution in [0.5, 0.6) is 0 Å². The van der Waals surface area contributed by atoms with Gasteiger partial charge in [0.1, 0.15) is 12.7 Å². The summed E-state index contributed by atoms with van der Waals surface area (Å²) in [7, 11) is -4.77. The minimum absolute atomic E-state index is 0.133. The van der Waals surface area contributed by atoms with Gasteiger partial charge in [-0.3, -0.25) is 23.4 Å². The zero-order valence-electron chi connectivity index (χ0n) is 51.0. The van der Waals surface area contributed by atoms with Crippen LogP contribution in [0.2, 0.25) is 0 Å². The SMILES string of the molecule is CC/C=C\C/C=C\C/C=C\C/C=C\CCCCCCC(=O)OC(COC(=O)CCCCCCCC/C=C\C/C=C\C/C=C\CCCCC)COP(=O)(O)OCC(CO)OC(=O)CCCCCCCCC/C=C\CCCCCCCC. The molecule has 0 aliphatic carbocycles. The Morgan fingerprint density at radius 2 is 0.650 bits per heavy atom. The molecule has 12 heteroatoms. The number of carbonyl (C=O) groups is 3. The molecular weight excluding hydrogens is 1020 g/mol. The highest BCUT2D eigenvalue weighted by atomic mass is 31.2. The molecule has 0 aromatic carbocycles. The number of aliphatic hydroxyl groups is 1.